The molecule has 36 heavy (non-hydrogen) atoms. The van der Waals surface area contributed by atoms with Crippen LogP contribution in [0.5, 0.6) is 0 Å². The molecule has 2 aliphatic rings. The maximum Gasteiger partial charge on any atom is 0.281 e. The molecule has 0 saturated carbocycles. The summed E-state index contributed by atoms with van der Waals surface area (Å²) in [4.78, 5) is 30.0. The number of piperidine rings is 1. The Balaban J connectivity index is 1.51. The fourth-order valence-corrected chi connectivity index (χ4v) is 5.47. The number of anilines is 1. The molecule has 5 rings (SSSR count). The second-order valence-electron chi connectivity index (χ2n) is 9.72. The molecule has 0 spiro atoms. The Labute approximate surface area is 217 Å². The first kappa shape index (κ1) is 24.3. The van der Waals surface area contributed by atoms with E-state index in [4.69, 9.17) is 12.2 Å². The Morgan fingerprint density at radius 1 is 1.08 bits per heavy atom. The molecule has 2 amide bonds. The second kappa shape index (κ2) is 9.90. The number of amides is 2. The van der Waals surface area contributed by atoms with Gasteiger partial charge in [-0.15, -0.1) is 0 Å². The van der Waals surface area contributed by atoms with E-state index in [2.05, 4.69) is 28.9 Å². The number of fused-ring (bicyclic) bond motifs is 1. The van der Waals surface area contributed by atoms with E-state index < -0.39 is 0 Å². The molecular formula is C29H32N4O2S. The van der Waals surface area contributed by atoms with Gasteiger partial charge in [0.2, 0.25) is 5.91 Å². The Morgan fingerprint density at radius 3 is 2.58 bits per heavy atom. The standard InChI is InChI=1S/C29H32N4O2S/c1-4-21-9-8-10-24-22(17-32(27(21)24)18-26(34)31-13-6-5-7-14-31)16-25-28(35)33(29(36)30-25)23-12-11-19(2)20(3)15-23/h8-12,15-17H,4-7,13-14,18H2,1-3H3,(H,30,36)/b25-16-. The van der Waals surface area contributed by atoms with Crippen molar-refractivity contribution in [2.24, 2.45) is 0 Å². The van der Waals surface area contributed by atoms with Crippen molar-refractivity contribution in [2.45, 2.75) is 53.0 Å². The summed E-state index contributed by atoms with van der Waals surface area (Å²) in [6.07, 6.45) is 8.04. The van der Waals surface area contributed by atoms with Gasteiger partial charge >= 0.3 is 0 Å². The smallest absolute Gasteiger partial charge is 0.281 e. The molecule has 6 nitrogen and oxygen atoms in total. The molecule has 2 aromatic carbocycles. The molecule has 0 bridgehead atoms. The lowest BCUT2D eigenvalue weighted by molar-refractivity contribution is -0.132. The molecule has 2 saturated heterocycles. The summed E-state index contributed by atoms with van der Waals surface area (Å²) in [6.45, 7) is 8.16. The third-order valence-corrected chi connectivity index (χ3v) is 7.62. The summed E-state index contributed by atoms with van der Waals surface area (Å²) in [5, 5.41) is 4.51. The first-order valence-corrected chi connectivity index (χ1v) is 13.1. The molecule has 0 atom stereocenters. The Hall–Kier alpha value is -3.45. The first-order chi connectivity index (χ1) is 17.4. The van der Waals surface area contributed by atoms with Crippen LogP contribution in [0.4, 0.5) is 5.69 Å². The van der Waals surface area contributed by atoms with Crippen LogP contribution in [0.1, 0.15) is 48.4 Å². The number of para-hydroxylation sites is 1. The number of rotatable bonds is 5. The van der Waals surface area contributed by atoms with E-state index in [9.17, 15) is 9.59 Å². The highest BCUT2D eigenvalue weighted by molar-refractivity contribution is 7.80. The monoisotopic (exact) mass is 500 g/mol. The van der Waals surface area contributed by atoms with Crippen molar-refractivity contribution in [3.05, 3.63) is 70.5 Å². The number of nitrogens with zero attached hydrogens (tertiary/aromatic N) is 3. The van der Waals surface area contributed by atoms with Gasteiger partial charge in [-0.25, -0.2) is 0 Å². The molecule has 7 heteroatoms. The molecule has 3 heterocycles. The van der Waals surface area contributed by atoms with Crippen LogP contribution in [0.25, 0.3) is 17.0 Å². The lowest BCUT2D eigenvalue weighted by Gasteiger charge is -2.27. The zero-order chi connectivity index (χ0) is 25.4. The molecule has 2 aliphatic heterocycles. The van der Waals surface area contributed by atoms with Crippen LogP contribution in [0.3, 0.4) is 0 Å². The number of likely N-dealkylation sites (tertiary alicyclic amines) is 1. The van der Waals surface area contributed by atoms with Crippen LogP contribution in [-0.4, -0.2) is 39.5 Å². The highest BCUT2D eigenvalue weighted by atomic mass is 32.1. The molecular weight excluding hydrogens is 468 g/mol. The summed E-state index contributed by atoms with van der Waals surface area (Å²) in [7, 11) is 0. The Kier molecular flexibility index (Phi) is 6.67. The average Bonchev–Trinajstić information content (AvgIpc) is 3.37. The van der Waals surface area contributed by atoms with Crippen LogP contribution in [-0.2, 0) is 22.6 Å². The van der Waals surface area contributed by atoms with Crippen LogP contribution in [0.2, 0.25) is 0 Å². The zero-order valence-electron chi connectivity index (χ0n) is 21.1. The fourth-order valence-electron chi connectivity index (χ4n) is 5.17. The fraction of sp³-hybridized carbons (Fsp3) is 0.345. The van der Waals surface area contributed by atoms with E-state index in [0.717, 1.165) is 60.1 Å². The van der Waals surface area contributed by atoms with Crippen LogP contribution >= 0.6 is 12.2 Å². The molecule has 1 aromatic heterocycles. The quantitative estimate of drug-likeness (QED) is 0.391. The number of thiocarbonyl (C=S) groups is 1. The van der Waals surface area contributed by atoms with Crippen LogP contribution < -0.4 is 10.2 Å². The predicted octanol–water partition coefficient (Wildman–Crippen LogP) is 5.10. The van der Waals surface area contributed by atoms with Crippen molar-refractivity contribution in [1.29, 1.82) is 0 Å². The van der Waals surface area contributed by atoms with E-state index in [1.54, 1.807) is 4.90 Å². The van der Waals surface area contributed by atoms with Gasteiger partial charge in [0.05, 0.1) is 11.2 Å². The Bertz CT molecular complexity index is 1400. The van der Waals surface area contributed by atoms with E-state index in [-0.39, 0.29) is 11.8 Å². The second-order valence-corrected chi connectivity index (χ2v) is 10.1. The highest BCUT2D eigenvalue weighted by Crippen LogP contribution is 2.30. The van der Waals surface area contributed by atoms with Gasteiger partial charge in [0.25, 0.3) is 5.91 Å². The normalized spacial score (nSPS) is 17.4. The summed E-state index contributed by atoms with van der Waals surface area (Å²) >= 11 is 5.54. The van der Waals surface area contributed by atoms with Gasteiger partial charge in [-0.1, -0.05) is 31.2 Å². The molecule has 0 radical (unpaired) electrons. The van der Waals surface area contributed by atoms with Crippen molar-refractivity contribution in [1.82, 2.24) is 14.8 Å². The summed E-state index contributed by atoms with van der Waals surface area (Å²) in [6, 6.07) is 12.1. The minimum absolute atomic E-state index is 0.147. The first-order valence-electron chi connectivity index (χ1n) is 12.7. The lowest BCUT2D eigenvalue weighted by atomic mass is 10.1. The van der Waals surface area contributed by atoms with E-state index in [0.29, 0.717) is 17.4 Å². The number of carbonyl (C=O) groups is 2. The molecule has 1 N–H and O–H groups in total. The number of hydrogen-bond donors (Lipinski definition) is 1. The largest absolute Gasteiger partial charge is 0.341 e. The molecule has 0 aliphatic carbocycles. The van der Waals surface area contributed by atoms with Gasteiger partial charge in [0, 0.05) is 30.2 Å². The third-order valence-electron chi connectivity index (χ3n) is 7.33. The summed E-state index contributed by atoms with van der Waals surface area (Å²) in [5.74, 6) is -0.0333. The van der Waals surface area contributed by atoms with E-state index in [1.165, 1.54) is 17.5 Å². The lowest BCUT2D eigenvalue weighted by Crippen LogP contribution is -2.37. The van der Waals surface area contributed by atoms with Gasteiger partial charge in [-0.3, -0.25) is 14.5 Å². The van der Waals surface area contributed by atoms with Crippen molar-refractivity contribution < 1.29 is 9.59 Å². The van der Waals surface area contributed by atoms with Crippen molar-refractivity contribution >= 4 is 51.8 Å². The maximum atomic E-state index is 13.4. The molecule has 0 unspecified atom stereocenters. The topological polar surface area (TPSA) is 57.6 Å². The minimum Gasteiger partial charge on any atom is -0.341 e. The van der Waals surface area contributed by atoms with Gasteiger partial charge < -0.3 is 14.8 Å². The van der Waals surface area contributed by atoms with Crippen LogP contribution in [0.15, 0.2) is 48.3 Å². The molecule has 2 fully saturated rings. The predicted molar refractivity (Wildman–Crippen MR) is 149 cm³/mol. The van der Waals surface area contributed by atoms with E-state index in [1.807, 2.05) is 55.3 Å². The highest BCUT2D eigenvalue weighted by Gasteiger charge is 2.32. The van der Waals surface area contributed by atoms with Crippen molar-refractivity contribution in [2.75, 3.05) is 18.0 Å². The van der Waals surface area contributed by atoms with E-state index >= 15 is 0 Å². The van der Waals surface area contributed by atoms with Crippen molar-refractivity contribution in [3.63, 3.8) is 0 Å². The average molecular weight is 501 g/mol. The number of benzene rings is 2. The van der Waals surface area contributed by atoms with Gasteiger partial charge in [-0.05, 0) is 86.6 Å². The molecule has 186 valence electrons. The number of aromatic nitrogens is 1. The van der Waals surface area contributed by atoms with Gasteiger partial charge in [0.1, 0.15) is 12.2 Å². The van der Waals surface area contributed by atoms with Crippen molar-refractivity contribution in [3.8, 4) is 0 Å². The number of hydrogen-bond acceptors (Lipinski definition) is 3. The third kappa shape index (κ3) is 4.44. The maximum absolute atomic E-state index is 13.4. The number of carbonyl (C=O) groups excluding carboxylic acids is 2. The minimum atomic E-state index is -0.180. The number of aryl methyl sites for hydroxylation is 3. The summed E-state index contributed by atoms with van der Waals surface area (Å²) in [5.41, 5.74) is 6.59. The Morgan fingerprint density at radius 2 is 1.86 bits per heavy atom. The van der Waals surface area contributed by atoms with Gasteiger partial charge in [-0.2, -0.15) is 0 Å². The zero-order valence-corrected chi connectivity index (χ0v) is 22.0. The number of nitrogens with one attached hydrogen (secondary N) is 1. The van der Waals surface area contributed by atoms with Crippen LogP contribution in [0, 0.1) is 13.8 Å². The summed E-state index contributed by atoms with van der Waals surface area (Å²) < 4.78 is 2.05. The molecule has 3 aromatic rings. The SMILES string of the molecule is CCc1cccc2c(/C=C3\NC(=S)N(c4ccc(C)c(C)c4)C3=O)cn(CC(=O)N3CCCCC3)c12. The van der Waals surface area contributed by atoms with Gasteiger partial charge in [0.15, 0.2) is 5.11 Å².